The van der Waals surface area contributed by atoms with Crippen molar-refractivity contribution in [2.75, 3.05) is 19.0 Å². The van der Waals surface area contributed by atoms with Gasteiger partial charge in [-0.2, -0.15) is 5.10 Å². The van der Waals surface area contributed by atoms with Gasteiger partial charge in [-0.05, 0) is 23.3 Å². The lowest BCUT2D eigenvalue weighted by atomic mass is 10.0. The Morgan fingerprint density at radius 3 is 3.16 bits per heavy atom. The number of carbonyl (C=O) groups is 1. The van der Waals surface area contributed by atoms with Crippen LogP contribution in [0.2, 0.25) is 0 Å². The number of nitrogens with one attached hydrogen (secondary N) is 1. The van der Waals surface area contributed by atoms with Crippen LogP contribution >= 0.6 is 0 Å². The van der Waals surface area contributed by atoms with E-state index >= 15 is 0 Å². The van der Waals surface area contributed by atoms with Crippen LogP contribution in [0.25, 0.3) is 11.1 Å². The van der Waals surface area contributed by atoms with Gasteiger partial charge in [0.25, 0.3) is 0 Å². The molecule has 0 aliphatic carbocycles. The van der Waals surface area contributed by atoms with Crippen molar-refractivity contribution in [3.05, 3.63) is 36.2 Å². The zero-order chi connectivity index (χ0) is 13.2. The quantitative estimate of drug-likeness (QED) is 0.906. The van der Waals surface area contributed by atoms with E-state index in [1.54, 1.807) is 7.11 Å². The van der Waals surface area contributed by atoms with Gasteiger partial charge < -0.3 is 10.1 Å². The molecule has 2 aromatic rings. The van der Waals surface area contributed by atoms with Gasteiger partial charge in [0.1, 0.15) is 0 Å². The smallest absolute Gasteiger partial charge is 0.228 e. The van der Waals surface area contributed by atoms with Crippen molar-refractivity contribution >= 4 is 11.6 Å². The minimum atomic E-state index is 0.0583. The van der Waals surface area contributed by atoms with Crippen LogP contribution in [-0.4, -0.2) is 29.4 Å². The second-order valence-corrected chi connectivity index (χ2v) is 4.58. The third-order valence-corrected chi connectivity index (χ3v) is 3.22. The highest BCUT2D eigenvalue weighted by Crippen LogP contribution is 2.28. The predicted molar refractivity (Wildman–Crippen MR) is 71.9 cm³/mol. The molecule has 98 valence electrons. The summed E-state index contributed by atoms with van der Waals surface area (Å²) >= 11 is 0. The highest BCUT2D eigenvalue weighted by molar-refractivity contribution is 5.99. The molecule has 3 rings (SSSR count). The molecule has 1 aliphatic heterocycles. The Morgan fingerprint density at radius 2 is 2.32 bits per heavy atom. The Balaban J connectivity index is 1.84. The lowest BCUT2D eigenvalue weighted by Crippen LogP contribution is -2.03. The first-order valence-corrected chi connectivity index (χ1v) is 6.21. The molecule has 19 heavy (non-hydrogen) atoms. The van der Waals surface area contributed by atoms with E-state index in [9.17, 15) is 4.79 Å². The molecule has 0 unspecified atom stereocenters. The van der Waals surface area contributed by atoms with E-state index in [4.69, 9.17) is 4.74 Å². The topological polar surface area (TPSA) is 56.1 Å². The molecule has 5 nitrogen and oxygen atoms in total. The zero-order valence-electron chi connectivity index (χ0n) is 10.7. The number of methoxy groups -OCH3 is 1. The van der Waals surface area contributed by atoms with E-state index in [2.05, 4.69) is 10.4 Å². The summed E-state index contributed by atoms with van der Waals surface area (Å²) in [4.78, 5) is 11.3. The average molecular weight is 257 g/mol. The molecule has 5 heteroatoms. The number of ether oxygens (including phenoxy) is 1. The zero-order valence-corrected chi connectivity index (χ0v) is 10.7. The number of nitrogens with zero attached hydrogens (tertiary/aromatic N) is 2. The van der Waals surface area contributed by atoms with Crippen molar-refractivity contribution in [1.82, 2.24) is 9.78 Å². The first kappa shape index (κ1) is 11.9. The van der Waals surface area contributed by atoms with Gasteiger partial charge in [-0.3, -0.25) is 9.48 Å². The van der Waals surface area contributed by atoms with Crippen LogP contribution < -0.4 is 5.32 Å². The van der Waals surface area contributed by atoms with Crippen molar-refractivity contribution < 1.29 is 9.53 Å². The van der Waals surface area contributed by atoms with Gasteiger partial charge >= 0.3 is 0 Å². The van der Waals surface area contributed by atoms with Crippen molar-refractivity contribution in [3.8, 4) is 11.1 Å². The number of fused-ring (bicyclic) bond motifs is 1. The van der Waals surface area contributed by atoms with E-state index in [-0.39, 0.29) is 5.91 Å². The van der Waals surface area contributed by atoms with E-state index in [1.807, 2.05) is 35.3 Å². The Kier molecular flexibility index (Phi) is 3.05. The maximum Gasteiger partial charge on any atom is 0.228 e. The molecule has 1 N–H and O–H groups in total. The van der Waals surface area contributed by atoms with Crippen LogP contribution in [0.1, 0.15) is 5.56 Å². The maximum atomic E-state index is 11.3. The summed E-state index contributed by atoms with van der Waals surface area (Å²) in [5.41, 5.74) is 4.10. The molecule has 0 spiro atoms. The van der Waals surface area contributed by atoms with Crippen molar-refractivity contribution in [3.63, 3.8) is 0 Å². The average Bonchev–Trinajstić information content (AvgIpc) is 3.00. The summed E-state index contributed by atoms with van der Waals surface area (Å²) in [6.45, 7) is 1.38. The maximum absolute atomic E-state index is 11.3. The third kappa shape index (κ3) is 2.37. The minimum absolute atomic E-state index is 0.0583. The van der Waals surface area contributed by atoms with Gasteiger partial charge in [0.15, 0.2) is 0 Å². The molecule has 1 aliphatic rings. The fourth-order valence-corrected chi connectivity index (χ4v) is 2.23. The summed E-state index contributed by atoms with van der Waals surface area (Å²) in [5.74, 6) is 0.0583. The molecule has 1 amide bonds. The second kappa shape index (κ2) is 4.85. The molecule has 0 radical (unpaired) electrons. The third-order valence-electron chi connectivity index (χ3n) is 3.22. The van der Waals surface area contributed by atoms with Crippen LogP contribution in [0, 0.1) is 0 Å². The first-order valence-electron chi connectivity index (χ1n) is 6.21. The lowest BCUT2D eigenvalue weighted by molar-refractivity contribution is -0.115. The van der Waals surface area contributed by atoms with Crippen LogP contribution in [-0.2, 0) is 22.5 Å². The standard InChI is InChI=1S/C14H15N3O2/c1-19-5-4-17-9-12(8-15-17)10-2-3-13-11(6-10)7-14(18)16-13/h2-3,6,8-9H,4-5,7H2,1H3,(H,16,18). The number of benzene rings is 1. The summed E-state index contributed by atoms with van der Waals surface area (Å²) in [6.07, 6.45) is 4.29. The number of rotatable bonds is 4. The fourth-order valence-electron chi connectivity index (χ4n) is 2.23. The van der Waals surface area contributed by atoms with Crippen molar-refractivity contribution in [2.45, 2.75) is 13.0 Å². The highest BCUT2D eigenvalue weighted by atomic mass is 16.5. The van der Waals surface area contributed by atoms with Gasteiger partial charge in [0.05, 0.1) is 25.8 Å². The van der Waals surface area contributed by atoms with Crippen LogP contribution in [0.4, 0.5) is 5.69 Å². The van der Waals surface area contributed by atoms with Gasteiger partial charge in [-0.25, -0.2) is 0 Å². The van der Waals surface area contributed by atoms with E-state index < -0.39 is 0 Å². The Morgan fingerprint density at radius 1 is 1.42 bits per heavy atom. The molecule has 0 bridgehead atoms. The van der Waals surface area contributed by atoms with Gasteiger partial charge in [-0.15, -0.1) is 0 Å². The SMILES string of the molecule is COCCn1cc(-c2ccc3c(c2)CC(=O)N3)cn1. The molecule has 0 saturated heterocycles. The minimum Gasteiger partial charge on any atom is -0.383 e. The van der Waals surface area contributed by atoms with Gasteiger partial charge in [0, 0.05) is 24.6 Å². The van der Waals surface area contributed by atoms with Gasteiger partial charge in [-0.1, -0.05) is 6.07 Å². The van der Waals surface area contributed by atoms with Crippen LogP contribution in [0.5, 0.6) is 0 Å². The van der Waals surface area contributed by atoms with Crippen molar-refractivity contribution in [2.24, 2.45) is 0 Å². The van der Waals surface area contributed by atoms with Crippen LogP contribution in [0.3, 0.4) is 0 Å². The molecular formula is C14H15N3O2. The Bertz CT molecular complexity index is 619. The van der Waals surface area contributed by atoms with E-state index in [0.717, 1.165) is 28.9 Å². The highest BCUT2D eigenvalue weighted by Gasteiger charge is 2.17. The molecule has 1 aromatic heterocycles. The molecule has 1 aromatic carbocycles. The Hall–Kier alpha value is -2.14. The summed E-state index contributed by atoms with van der Waals surface area (Å²) in [6, 6.07) is 6.00. The number of hydrogen-bond acceptors (Lipinski definition) is 3. The number of hydrogen-bond donors (Lipinski definition) is 1. The summed E-state index contributed by atoms with van der Waals surface area (Å²) < 4.78 is 6.88. The monoisotopic (exact) mass is 257 g/mol. The molecule has 2 heterocycles. The summed E-state index contributed by atoms with van der Waals surface area (Å²) in [5, 5.41) is 7.13. The van der Waals surface area contributed by atoms with Crippen LogP contribution in [0.15, 0.2) is 30.6 Å². The number of anilines is 1. The van der Waals surface area contributed by atoms with Gasteiger partial charge in [0.2, 0.25) is 5.91 Å². The molecular weight excluding hydrogens is 242 g/mol. The molecule has 0 saturated carbocycles. The molecule has 0 fully saturated rings. The van der Waals surface area contributed by atoms with Crippen molar-refractivity contribution in [1.29, 1.82) is 0 Å². The first-order chi connectivity index (χ1) is 9.26. The Labute approximate surface area is 111 Å². The number of carbonyl (C=O) groups excluding carboxylic acids is 1. The van der Waals surface area contributed by atoms with E-state index in [0.29, 0.717) is 13.0 Å². The largest absolute Gasteiger partial charge is 0.383 e. The second-order valence-electron chi connectivity index (χ2n) is 4.58. The normalized spacial score (nSPS) is 13.4. The fraction of sp³-hybridized carbons (Fsp3) is 0.286. The number of amides is 1. The number of aromatic nitrogens is 2. The lowest BCUT2D eigenvalue weighted by Gasteiger charge is -2.02. The molecule has 0 atom stereocenters. The predicted octanol–water partition coefficient (Wildman–Crippen LogP) is 1.69. The summed E-state index contributed by atoms with van der Waals surface area (Å²) in [7, 11) is 1.68. The van der Waals surface area contributed by atoms with E-state index in [1.165, 1.54) is 0 Å².